The van der Waals surface area contributed by atoms with E-state index in [1.807, 2.05) is 24.3 Å². The molecule has 23 heavy (non-hydrogen) atoms. The van der Waals surface area contributed by atoms with E-state index in [0.717, 1.165) is 16.9 Å². The molecule has 5 nitrogen and oxygen atoms in total. The van der Waals surface area contributed by atoms with Gasteiger partial charge in [0.05, 0.1) is 6.21 Å². The predicted molar refractivity (Wildman–Crippen MR) is 92.4 cm³/mol. The number of H-pyrrole nitrogens is 1. The van der Waals surface area contributed by atoms with Crippen LogP contribution in [-0.4, -0.2) is 21.1 Å². The molecule has 0 spiro atoms. The Bertz CT molecular complexity index is 865. The van der Waals surface area contributed by atoms with Gasteiger partial charge in [0.25, 0.3) is 0 Å². The molecule has 0 saturated carbocycles. The first-order chi connectivity index (χ1) is 11.2. The number of ether oxygens (including phenoxy) is 1. The third-order valence-corrected chi connectivity index (χ3v) is 3.57. The lowest BCUT2D eigenvalue weighted by Gasteiger charge is -2.09. The smallest absolute Gasteiger partial charge is 0.216 e. The van der Waals surface area contributed by atoms with Gasteiger partial charge in [-0.25, -0.2) is 0 Å². The van der Waals surface area contributed by atoms with Crippen molar-refractivity contribution in [2.24, 2.45) is 5.10 Å². The number of nitrogens with zero attached hydrogens (tertiary/aromatic N) is 3. The van der Waals surface area contributed by atoms with Crippen molar-refractivity contribution in [1.82, 2.24) is 14.9 Å². The van der Waals surface area contributed by atoms with Gasteiger partial charge in [-0.1, -0.05) is 42.0 Å². The molecule has 0 amide bonds. The third-order valence-electron chi connectivity index (χ3n) is 3.29. The number of rotatable bonds is 5. The van der Waals surface area contributed by atoms with Gasteiger partial charge in [0.15, 0.2) is 0 Å². The molecule has 1 N–H and O–H groups in total. The molecule has 1 heterocycles. The number of para-hydroxylation sites is 1. The molecule has 0 radical (unpaired) electrons. The Hall–Kier alpha value is -2.73. The number of nitrogens with one attached hydrogen (secondary N) is 1. The van der Waals surface area contributed by atoms with Crippen molar-refractivity contribution in [3.05, 3.63) is 76.3 Å². The Kier molecular flexibility index (Phi) is 4.63. The molecule has 116 valence electrons. The van der Waals surface area contributed by atoms with Crippen molar-refractivity contribution in [2.45, 2.75) is 13.5 Å². The van der Waals surface area contributed by atoms with Crippen LogP contribution in [0.15, 0.2) is 60.0 Å². The van der Waals surface area contributed by atoms with Crippen molar-refractivity contribution in [2.75, 3.05) is 0 Å². The fourth-order valence-electron chi connectivity index (χ4n) is 2.01. The summed E-state index contributed by atoms with van der Waals surface area (Å²) in [6.45, 7) is 2.58. The van der Waals surface area contributed by atoms with Crippen LogP contribution in [-0.2, 0) is 6.61 Å². The highest BCUT2D eigenvalue weighted by atomic mass is 32.1. The van der Waals surface area contributed by atoms with Crippen LogP contribution in [0.5, 0.6) is 5.75 Å². The van der Waals surface area contributed by atoms with E-state index in [-0.39, 0.29) is 0 Å². The van der Waals surface area contributed by atoms with Crippen molar-refractivity contribution in [3.8, 4) is 5.75 Å². The molecule has 0 bridgehead atoms. The minimum atomic E-state index is 0.444. The number of aromatic amines is 1. The Balaban J connectivity index is 1.75. The molecule has 1 aromatic heterocycles. The normalized spacial score (nSPS) is 11.0. The molecule has 3 rings (SSSR count). The molecule has 0 aliphatic rings. The number of aromatic nitrogens is 3. The first-order valence-corrected chi connectivity index (χ1v) is 7.57. The van der Waals surface area contributed by atoms with Crippen LogP contribution in [0.3, 0.4) is 0 Å². The fourth-order valence-corrected chi connectivity index (χ4v) is 2.16. The van der Waals surface area contributed by atoms with E-state index in [2.05, 4.69) is 46.5 Å². The zero-order valence-corrected chi connectivity index (χ0v) is 13.5. The zero-order valence-electron chi connectivity index (χ0n) is 12.6. The molecule has 0 saturated heterocycles. The maximum absolute atomic E-state index is 5.91. The van der Waals surface area contributed by atoms with Crippen LogP contribution >= 0.6 is 12.2 Å². The van der Waals surface area contributed by atoms with Crippen LogP contribution in [0.2, 0.25) is 0 Å². The maximum atomic E-state index is 5.91. The van der Waals surface area contributed by atoms with E-state index >= 15 is 0 Å². The summed E-state index contributed by atoms with van der Waals surface area (Å²) in [5, 5.41) is 10.8. The van der Waals surface area contributed by atoms with Gasteiger partial charge in [-0.05, 0) is 36.8 Å². The van der Waals surface area contributed by atoms with Gasteiger partial charge in [0, 0.05) is 5.56 Å². The van der Waals surface area contributed by atoms with E-state index in [0.29, 0.717) is 11.4 Å². The van der Waals surface area contributed by atoms with Crippen LogP contribution in [0, 0.1) is 11.7 Å². The van der Waals surface area contributed by atoms with E-state index < -0.39 is 0 Å². The van der Waals surface area contributed by atoms with Gasteiger partial charge in [-0.3, -0.25) is 5.10 Å². The quantitative estimate of drug-likeness (QED) is 0.575. The number of aryl methyl sites for hydroxylation is 1. The minimum Gasteiger partial charge on any atom is -0.488 e. The second-order valence-corrected chi connectivity index (χ2v) is 5.45. The molecule has 0 aliphatic carbocycles. The van der Waals surface area contributed by atoms with Crippen molar-refractivity contribution in [3.63, 3.8) is 0 Å². The highest BCUT2D eigenvalue weighted by Gasteiger charge is 2.02. The zero-order chi connectivity index (χ0) is 16.1. The second kappa shape index (κ2) is 7.02. The average Bonchev–Trinajstić information content (AvgIpc) is 2.98. The Morgan fingerprint density at radius 2 is 2.00 bits per heavy atom. The lowest BCUT2D eigenvalue weighted by molar-refractivity contribution is 0.306. The van der Waals surface area contributed by atoms with E-state index in [1.165, 1.54) is 16.6 Å². The summed E-state index contributed by atoms with van der Waals surface area (Å²) in [4.78, 5) is 0. The molecule has 0 atom stereocenters. The Morgan fingerprint density at radius 3 is 2.74 bits per heavy atom. The summed E-state index contributed by atoms with van der Waals surface area (Å²) in [5.41, 5.74) is 3.24. The summed E-state index contributed by atoms with van der Waals surface area (Å²) >= 11 is 5.06. The fraction of sp³-hybridized carbons (Fsp3) is 0.118. The SMILES string of the molecule is Cc1ccc(COc2ccccc2/C=N/n2cn[nH]c2=S)cc1. The van der Waals surface area contributed by atoms with E-state index in [1.54, 1.807) is 6.21 Å². The average molecular weight is 324 g/mol. The lowest BCUT2D eigenvalue weighted by atomic mass is 10.1. The Morgan fingerprint density at radius 1 is 1.22 bits per heavy atom. The van der Waals surface area contributed by atoms with Crippen LogP contribution in [0.1, 0.15) is 16.7 Å². The van der Waals surface area contributed by atoms with E-state index in [4.69, 9.17) is 17.0 Å². The summed E-state index contributed by atoms with van der Waals surface area (Å²) < 4.78 is 7.85. The highest BCUT2D eigenvalue weighted by molar-refractivity contribution is 7.71. The summed E-state index contributed by atoms with van der Waals surface area (Å²) in [5.74, 6) is 0.770. The molecular weight excluding hydrogens is 308 g/mol. The summed E-state index contributed by atoms with van der Waals surface area (Å²) in [6, 6.07) is 16.0. The van der Waals surface area contributed by atoms with Crippen molar-refractivity contribution in [1.29, 1.82) is 0 Å². The Labute approximate surface area is 139 Å². The summed E-state index contributed by atoms with van der Waals surface area (Å²) in [6.07, 6.45) is 3.23. The van der Waals surface area contributed by atoms with Crippen molar-refractivity contribution < 1.29 is 4.74 Å². The van der Waals surface area contributed by atoms with Crippen LogP contribution in [0.4, 0.5) is 0 Å². The van der Waals surface area contributed by atoms with Gasteiger partial charge < -0.3 is 4.74 Å². The van der Waals surface area contributed by atoms with Gasteiger partial charge >= 0.3 is 0 Å². The number of hydrogen-bond donors (Lipinski definition) is 1. The van der Waals surface area contributed by atoms with Crippen molar-refractivity contribution >= 4 is 18.4 Å². The molecule has 3 aromatic rings. The largest absolute Gasteiger partial charge is 0.488 e. The lowest BCUT2D eigenvalue weighted by Crippen LogP contribution is -1.99. The van der Waals surface area contributed by atoms with Gasteiger partial charge in [-0.2, -0.15) is 14.9 Å². The first-order valence-electron chi connectivity index (χ1n) is 7.16. The molecule has 2 aromatic carbocycles. The number of benzene rings is 2. The van der Waals surface area contributed by atoms with Gasteiger partial charge in [0.2, 0.25) is 4.77 Å². The van der Waals surface area contributed by atoms with Crippen LogP contribution < -0.4 is 4.74 Å². The first kappa shape index (κ1) is 15.2. The highest BCUT2D eigenvalue weighted by Crippen LogP contribution is 2.18. The predicted octanol–water partition coefficient (Wildman–Crippen LogP) is 3.71. The van der Waals surface area contributed by atoms with Gasteiger partial charge in [0.1, 0.15) is 18.7 Å². The van der Waals surface area contributed by atoms with E-state index in [9.17, 15) is 0 Å². The second-order valence-electron chi connectivity index (χ2n) is 5.06. The molecule has 0 aliphatic heterocycles. The van der Waals surface area contributed by atoms with Crippen LogP contribution in [0.25, 0.3) is 0 Å². The summed E-state index contributed by atoms with van der Waals surface area (Å²) in [7, 11) is 0. The van der Waals surface area contributed by atoms with Gasteiger partial charge in [-0.15, -0.1) is 0 Å². The molecule has 0 unspecified atom stereocenters. The topological polar surface area (TPSA) is 55.2 Å². The minimum absolute atomic E-state index is 0.444. The molecular formula is C17H16N4OS. The number of hydrogen-bond acceptors (Lipinski definition) is 4. The molecule has 0 fully saturated rings. The maximum Gasteiger partial charge on any atom is 0.216 e. The standard InChI is InChI=1S/C17H16N4OS/c1-13-6-8-14(9-7-13)11-22-16-5-3-2-4-15(16)10-19-21-12-18-20-17(21)23/h2-10,12H,11H2,1H3,(H,20,23)/b19-10+. The monoisotopic (exact) mass is 324 g/mol. The molecule has 6 heteroatoms. The third kappa shape index (κ3) is 3.92.